The van der Waals surface area contributed by atoms with E-state index in [2.05, 4.69) is 4.98 Å². The lowest BCUT2D eigenvalue weighted by atomic mass is 9.95. The highest BCUT2D eigenvalue weighted by Crippen LogP contribution is 2.44. The Morgan fingerprint density at radius 1 is 1.11 bits per heavy atom. The van der Waals surface area contributed by atoms with E-state index in [9.17, 15) is 24.8 Å². The van der Waals surface area contributed by atoms with Crippen molar-refractivity contribution >= 4 is 61.7 Å². The first-order valence-electron chi connectivity index (χ1n) is 10.7. The number of allylic oxidation sites excluding steroid dienone is 1. The van der Waals surface area contributed by atoms with Crippen LogP contribution < -0.4 is 4.90 Å². The zero-order valence-corrected chi connectivity index (χ0v) is 19.9. The molecule has 0 aliphatic carbocycles. The van der Waals surface area contributed by atoms with E-state index in [1.807, 2.05) is 30.3 Å². The van der Waals surface area contributed by atoms with Crippen molar-refractivity contribution in [2.75, 3.05) is 4.90 Å². The van der Waals surface area contributed by atoms with Gasteiger partial charge in [0.2, 0.25) is 0 Å². The van der Waals surface area contributed by atoms with Crippen LogP contribution in [0.4, 0.5) is 10.8 Å². The van der Waals surface area contributed by atoms with Gasteiger partial charge in [0.25, 0.3) is 11.6 Å². The number of non-ortho nitro benzene ring substituents is 1. The Morgan fingerprint density at radius 2 is 1.83 bits per heavy atom. The minimum Gasteiger partial charge on any atom is -0.503 e. The predicted molar refractivity (Wildman–Crippen MR) is 138 cm³/mol. The number of halogens is 1. The molecule has 8 nitrogen and oxygen atoms in total. The highest BCUT2D eigenvalue weighted by atomic mass is 35.5. The van der Waals surface area contributed by atoms with E-state index >= 15 is 0 Å². The highest BCUT2D eigenvalue weighted by Gasteiger charge is 2.45. The minimum absolute atomic E-state index is 0.140. The van der Waals surface area contributed by atoms with Crippen LogP contribution in [-0.4, -0.2) is 26.7 Å². The van der Waals surface area contributed by atoms with Gasteiger partial charge in [-0.25, -0.2) is 4.98 Å². The molecule has 0 spiro atoms. The van der Waals surface area contributed by atoms with Crippen LogP contribution in [0.25, 0.3) is 16.3 Å². The SMILES string of the molecule is O=C(/C=C/c1ccccc1)C1=C(O)C(=O)N(c2nc3ccc(Cl)cc3s2)C1c1ccc([N+](=O)[O-])cc1. The van der Waals surface area contributed by atoms with Gasteiger partial charge in [0.1, 0.15) is 0 Å². The molecule has 0 bridgehead atoms. The van der Waals surface area contributed by atoms with E-state index in [1.54, 1.807) is 24.3 Å². The number of nitrogens with zero attached hydrogens (tertiary/aromatic N) is 3. The number of amides is 1. The number of benzene rings is 3. The van der Waals surface area contributed by atoms with Crippen molar-refractivity contribution in [1.29, 1.82) is 0 Å². The maximum atomic E-state index is 13.3. The van der Waals surface area contributed by atoms with E-state index in [0.29, 0.717) is 16.1 Å². The summed E-state index contributed by atoms with van der Waals surface area (Å²) in [6.45, 7) is 0. The lowest BCUT2D eigenvalue weighted by molar-refractivity contribution is -0.384. The van der Waals surface area contributed by atoms with Gasteiger partial charge in [0, 0.05) is 17.2 Å². The zero-order valence-electron chi connectivity index (χ0n) is 18.4. The van der Waals surface area contributed by atoms with E-state index in [4.69, 9.17) is 11.6 Å². The fourth-order valence-electron chi connectivity index (χ4n) is 3.96. The molecular weight excluding hydrogens is 502 g/mol. The summed E-state index contributed by atoms with van der Waals surface area (Å²) in [5.41, 5.74) is 1.49. The summed E-state index contributed by atoms with van der Waals surface area (Å²) in [5, 5.41) is 22.7. The molecule has 0 saturated carbocycles. The fraction of sp³-hybridized carbons (Fsp3) is 0.0385. The zero-order chi connectivity index (χ0) is 25.4. The number of anilines is 1. The van der Waals surface area contributed by atoms with Gasteiger partial charge in [-0.1, -0.05) is 59.3 Å². The summed E-state index contributed by atoms with van der Waals surface area (Å²) in [4.78, 5) is 42.9. The number of carbonyl (C=O) groups is 2. The Bertz CT molecular complexity index is 1580. The lowest BCUT2D eigenvalue weighted by Crippen LogP contribution is -2.30. The summed E-state index contributed by atoms with van der Waals surface area (Å²) >= 11 is 7.28. The normalized spacial score (nSPS) is 15.9. The van der Waals surface area contributed by atoms with Crippen LogP contribution in [0.5, 0.6) is 0 Å². The number of aliphatic hydroxyl groups excluding tert-OH is 1. The molecular formula is C26H16ClN3O5S. The largest absolute Gasteiger partial charge is 0.503 e. The Hall–Kier alpha value is -4.34. The molecule has 0 saturated heterocycles. The lowest BCUT2D eigenvalue weighted by Gasteiger charge is -2.24. The molecule has 1 aliphatic heterocycles. The van der Waals surface area contributed by atoms with Crippen LogP contribution in [0.2, 0.25) is 5.02 Å². The van der Waals surface area contributed by atoms with E-state index < -0.39 is 28.4 Å². The van der Waals surface area contributed by atoms with Gasteiger partial charge in [-0.3, -0.25) is 24.6 Å². The number of rotatable bonds is 6. The summed E-state index contributed by atoms with van der Waals surface area (Å²) in [5.74, 6) is -2.06. The van der Waals surface area contributed by atoms with Gasteiger partial charge in [0.05, 0.1) is 26.8 Å². The minimum atomic E-state index is -1.04. The van der Waals surface area contributed by atoms with Crippen LogP contribution >= 0.6 is 22.9 Å². The number of hydrogen-bond acceptors (Lipinski definition) is 7. The number of ketones is 1. The highest BCUT2D eigenvalue weighted by molar-refractivity contribution is 7.22. The third-order valence-corrected chi connectivity index (χ3v) is 6.92. The smallest absolute Gasteiger partial charge is 0.296 e. The second-order valence-corrected chi connectivity index (χ2v) is 9.35. The number of nitro benzene ring substituents is 1. The van der Waals surface area contributed by atoms with Gasteiger partial charge in [-0.15, -0.1) is 0 Å². The molecule has 36 heavy (non-hydrogen) atoms. The average Bonchev–Trinajstić information content (AvgIpc) is 3.41. The first kappa shape index (κ1) is 23.4. The maximum Gasteiger partial charge on any atom is 0.296 e. The number of thiazole rings is 1. The number of hydrogen-bond donors (Lipinski definition) is 1. The molecule has 178 valence electrons. The van der Waals surface area contributed by atoms with Gasteiger partial charge in [-0.05, 0) is 47.5 Å². The van der Waals surface area contributed by atoms with Gasteiger partial charge < -0.3 is 5.11 Å². The number of fused-ring (bicyclic) bond motifs is 1. The quantitative estimate of drug-likeness (QED) is 0.189. The summed E-state index contributed by atoms with van der Waals surface area (Å²) in [6, 6.07) is 18.6. The molecule has 0 fully saturated rings. The maximum absolute atomic E-state index is 13.3. The summed E-state index contributed by atoms with van der Waals surface area (Å²) in [6.07, 6.45) is 2.87. The second-order valence-electron chi connectivity index (χ2n) is 7.91. The van der Waals surface area contributed by atoms with Crippen LogP contribution in [0.1, 0.15) is 17.2 Å². The van der Waals surface area contributed by atoms with Crippen molar-refractivity contribution in [3.63, 3.8) is 0 Å². The molecule has 10 heteroatoms. The third-order valence-electron chi connectivity index (χ3n) is 5.67. The molecule has 1 amide bonds. The van der Waals surface area contributed by atoms with Gasteiger partial charge >= 0.3 is 0 Å². The van der Waals surface area contributed by atoms with Crippen molar-refractivity contribution in [2.24, 2.45) is 0 Å². The Labute approximate surface area is 213 Å². The molecule has 2 heterocycles. The van der Waals surface area contributed by atoms with E-state index in [1.165, 1.54) is 46.6 Å². The van der Waals surface area contributed by atoms with Gasteiger partial charge in [0.15, 0.2) is 16.7 Å². The van der Waals surface area contributed by atoms with Crippen molar-refractivity contribution < 1.29 is 19.6 Å². The number of aliphatic hydroxyl groups is 1. The Kier molecular flexibility index (Phi) is 6.09. The molecule has 1 aliphatic rings. The molecule has 1 N–H and O–H groups in total. The summed E-state index contributed by atoms with van der Waals surface area (Å²) < 4.78 is 0.719. The molecule has 1 unspecified atom stereocenters. The standard InChI is InChI=1S/C26H16ClN3O5S/c27-17-9-12-19-21(14-17)36-26(28-19)29-23(16-7-10-18(11-8-16)30(34)35)22(24(32)25(29)33)20(31)13-6-15-4-2-1-3-5-15/h1-14,23,32H/b13-6+. The topological polar surface area (TPSA) is 114 Å². The Morgan fingerprint density at radius 3 is 2.53 bits per heavy atom. The van der Waals surface area contributed by atoms with Crippen molar-refractivity contribution in [3.8, 4) is 0 Å². The first-order chi connectivity index (χ1) is 17.3. The van der Waals surface area contributed by atoms with E-state index in [-0.39, 0.29) is 16.4 Å². The average molecular weight is 518 g/mol. The van der Waals surface area contributed by atoms with Crippen molar-refractivity contribution in [2.45, 2.75) is 6.04 Å². The number of carbonyl (C=O) groups excluding carboxylic acids is 2. The molecule has 1 atom stereocenters. The molecule has 5 rings (SSSR count). The monoisotopic (exact) mass is 517 g/mol. The third kappa shape index (κ3) is 4.26. The van der Waals surface area contributed by atoms with Crippen LogP contribution in [-0.2, 0) is 9.59 Å². The summed E-state index contributed by atoms with van der Waals surface area (Å²) in [7, 11) is 0. The van der Waals surface area contributed by atoms with E-state index in [0.717, 1.165) is 10.3 Å². The van der Waals surface area contributed by atoms with Crippen LogP contribution in [0.15, 0.2) is 90.2 Å². The first-order valence-corrected chi connectivity index (χ1v) is 11.9. The van der Waals surface area contributed by atoms with Crippen LogP contribution in [0, 0.1) is 10.1 Å². The second kappa shape index (κ2) is 9.37. The molecule has 1 aromatic heterocycles. The van der Waals surface area contributed by atoms with Crippen molar-refractivity contribution in [1.82, 2.24) is 4.98 Å². The van der Waals surface area contributed by atoms with Crippen molar-refractivity contribution in [3.05, 3.63) is 116 Å². The van der Waals surface area contributed by atoms with Crippen LogP contribution in [0.3, 0.4) is 0 Å². The number of nitro groups is 1. The predicted octanol–water partition coefficient (Wildman–Crippen LogP) is 6.04. The Balaban J connectivity index is 1.61. The molecule has 4 aromatic rings. The molecule has 0 radical (unpaired) electrons. The number of aromatic nitrogens is 1. The molecule has 3 aromatic carbocycles. The fourth-order valence-corrected chi connectivity index (χ4v) is 5.23. The van der Waals surface area contributed by atoms with Gasteiger partial charge in [-0.2, -0.15) is 0 Å².